The SMILES string of the molecule is O=C(c1c(C(F)(F)F)nnn1Cc1ccccc1)N1CCNCC1. The largest absolute Gasteiger partial charge is 0.437 e. The Morgan fingerprint density at radius 1 is 1.17 bits per heavy atom. The molecule has 2 heterocycles. The Balaban J connectivity index is 1.97. The maximum Gasteiger partial charge on any atom is 0.437 e. The predicted molar refractivity (Wildman–Crippen MR) is 79.3 cm³/mol. The van der Waals surface area contributed by atoms with Crippen molar-refractivity contribution in [2.75, 3.05) is 26.2 Å². The first-order valence-corrected chi connectivity index (χ1v) is 7.51. The van der Waals surface area contributed by atoms with Crippen molar-refractivity contribution in [2.45, 2.75) is 12.7 Å². The number of aromatic nitrogens is 3. The fraction of sp³-hybridized carbons (Fsp3) is 0.400. The van der Waals surface area contributed by atoms with E-state index >= 15 is 0 Å². The van der Waals surface area contributed by atoms with E-state index in [4.69, 9.17) is 0 Å². The summed E-state index contributed by atoms with van der Waals surface area (Å²) in [5.74, 6) is -0.690. The van der Waals surface area contributed by atoms with E-state index < -0.39 is 23.5 Å². The van der Waals surface area contributed by atoms with Crippen molar-refractivity contribution in [2.24, 2.45) is 0 Å². The highest BCUT2D eigenvalue weighted by Crippen LogP contribution is 2.31. The zero-order chi connectivity index (χ0) is 17.2. The molecule has 1 fully saturated rings. The van der Waals surface area contributed by atoms with E-state index in [1.165, 1.54) is 4.90 Å². The van der Waals surface area contributed by atoms with E-state index in [1.807, 2.05) is 0 Å². The normalized spacial score (nSPS) is 15.5. The quantitative estimate of drug-likeness (QED) is 0.918. The lowest BCUT2D eigenvalue weighted by molar-refractivity contribution is -0.141. The molecule has 1 saturated heterocycles. The van der Waals surface area contributed by atoms with Gasteiger partial charge in [-0.3, -0.25) is 4.79 Å². The van der Waals surface area contributed by atoms with Crippen molar-refractivity contribution in [1.82, 2.24) is 25.2 Å². The molecule has 0 atom stereocenters. The van der Waals surface area contributed by atoms with Gasteiger partial charge in [-0.05, 0) is 5.56 Å². The summed E-state index contributed by atoms with van der Waals surface area (Å²) in [6, 6.07) is 8.87. The first kappa shape index (κ1) is 16.4. The fourth-order valence-electron chi connectivity index (χ4n) is 2.60. The van der Waals surface area contributed by atoms with Gasteiger partial charge in [0.1, 0.15) is 0 Å². The Morgan fingerprint density at radius 3 is 2.46 bits per heavy atom. The third-order valence-electron chi connectivity index (χ3n) is 3.79. The molecule has 0 spiro atoms. The fourth-order valence-corrected chi connectivity index (χ4v) is 2.60. The molecule has 0 unspecified atom stereocenters. The van der Waals surface area contributed by atoms with Gasteiger partial charge in [0.15, 0.2) is 11.4 Å². The molecule has 0 saturated carbocycles. The van der Waals surface area contributed by atoms with Crippen molar-refractivity contribution in [1.29, 1.82) is 0 Å². The summed E-state index contributed by atoms with van der Waals surface area (Å²) in [4.78, 5) is 14.0. The molecule has 1 aliphatic rings. The minimum Gasteiger partial charge on any atom is -0.335 e. The second-order valence-corrected chi connectivity index (χ2v) is 5.47. The molecule has 0 radical (unpaired) electrons. The zero-order valence-corrected chi connectivity index (χ0v) is 12.8. The molecular formula is C15H16F3N5O. The Hall–Kier alpha value is -2.42. The molecule has 2 aromatic rings. The second-order valence-electron chi connectivity index (χ2n) is 5.47. The molecule has 0 bridgehead atoms. The molecule has 1 aromatic heterocycles. The van der Waals surface area contributed by atoms with Crippen LogP contribution in [0.25, 0.3) is 0 Å². The van der Waals surface area contributed by atoms with Crippen molar-refractivity contribution < 1.29 is 18.0 Å². The van der Waals surface area contributed by atoms with E-state index in [1.54, 1.807) is 30.3 Å². The molecular weight excluding hydrogens is 323 g/mol. The van der Waals surface area contributed by atoms with E-state index in [0.29, 0.717) is 26.2 Å². The molecule has 1 aromatic carbocycles. The molecule has 3 rings (SSSR count). The minimum absolute atomic E-state index is 0.0527. The number of carbonyl (C=O) groups excluding carboxylic acids is 1. The first-order valence-electron chi connectivity index (χ1n) is 7.51. The number of nitrogens with one attached hydrogen (secondary N) is 1. The maximum absolute atomic E-state index is 13.2. The van der Waals surface area contributed by atoms with E-state index in [0.717, 1.165) is 10.2 Å². The van der Waals surface area contributed by atoms with Crippen molar-refractivity contribution in [3.63, 3.8) is 0 Å². The number of hydrogen-bond donors (Lipinski definition) is 1. The number of rotatable bonds is 3. The Kier molecular flexibility index (Phi) is 4.52. The number of amides is 1. The van der Waals surface area contributed by atoms with Gasteiger partial charge in [0.25, 0.3) is 5.91 Å². The Bertz CT molecular complexity index is 708. The van der Waals surface area contributed by atoms with E-state index in [-0.39, 0.29) is 6.54 Å². The second kappa shape index (κ2) is 6.60. The molecule has 1 amide bonds. The van der Waals surface area contributed by atoms with Crippen LogP contribution in [0.2, 0.25) is 0 Å². The summed E-state index contributed by atoms with van der Waals surface area (Å²) in [5.41, 5.74) is -0.999. The van der Waals surface area contributed by atoms with E-state index in [9.17, 15) is 18.0 Å². The molecule has 1 N–H and O–H groups in total. The monoisotopic (exact) mass is 339 g/mol. The lowest BCUT2D eigenvalue weighted by atomic mass is 10.2. The number of hydrogen-bond acceptors (Lipinski definition) is 4. The van der Waals surface area contributed by atoms with Gasteiger partial charge in [-0.15, -0.1) is 5.10 Å². The molecule has 1 aliphatic heterocycles. The van der Waals surface area contributed by atoms with Crippen LogP contribution in [0.5, 0.6) is 0 Å². The summed E-state index contributed by atoms with van der Waals surface area (Å²) < 4.78 is 40.7. The van der Waals surface area contributed by atoms with Crippen LogP contribution in [0.3, 0.4) is 0 Å². The van der Waals surface area contributed by atoms with Gasteiger partial charge in [0.2, 0.25) is 0 Å². The van der Waals surface area contributed by atoms with Crippen LogP contribution in [0, 0.1) is 0 Å². The predicted octanol–water partition coefficient (Wildman–Crippen LogP) is 1.39. The van der Waals surface area contributed by atoms with Crippen LogP contribution in [0.15, 0.2) is 30.3 Å². The Labute approximate surface area is 136 Å². The van der Waals surface area contributed by atoms with Gasteiger partial charge in [0.05, 0.1) is 6.54 Å². The minimum atomic E-state index is -4.73. The highest BCUT2D eigenvalue weighted by Gasteiger charge is 2.42. The first-order chi connectivity index (χ1) is 11.5. The Morgan fingerprint density at radius 2 is 1.83 bits per heavy atom. The topological polar surface area (TPSA) is 63.1 Å². The van der Waals surface area contributed by atoms with Gasteiger partial charge >= 0.3 is 6.18 Å². The van der Waals surface area contributed by atoms with Gasteiger partial charge in [-0.2, -0.15) is 13.2 Å². The van der Waals surface area contributed by atoms with Gasteiger partial charge in [0, 0.05) is 26.2 Å². The smallest absolute Gasteiger partial charge is 0.335 e. The number of halogens is 3. The number of benzene rings is 1. The number of carbonyl (C=O) groups is 1. The van der Waals surface area contributed by atoms with E-state index in [2.05, 4.69) is 15.6 Å². The molecule has 0 aliphatic carbocycles. The van der Waals surface area contributed by atoms with Crippen LogP contribution in [-0.4, -0.2) is 52.0 Å². The van der Waals surface area contributed by atoms with Crippen LogP contribution in [-0.2, 0) is 12.7 Å². The molecule has 6 nitrogen and oxygen atoms in total. The average molecular weight is 339 g/mol. The summed E-state index contributed by atoms with van der Waals surface area (Å²) in [5, 5.41) is 9.86. The highest BCUT2D eigenvalue weighted by molar-refractivity contribution is 5.93. The van der Waals surface area contributed by atoms with Crippen molar-refractivity contribution >= 4 is 5.91 Å². The number of nitrogens with zero attached hydrogens (tertiary/aromatic N) is 4. The van der Waals surface area contributed by atoms with Crippen molar-refractivity contribution in [3.05, 3.63) is 47.3 Å². The lowest BCUT2D eigenvalue weighted by Crippen LogP contribution is -2.47. The van der Waals surface area contributed by atoms with Crippen LogP contribution in [0.1, 0.15) is 21.7 Å². The summed E-state index contributed by atoms with van der Waals surface area (Å²) in [6.45, 7) is 1.86. The third kappa shape index (κ3) is 3.40. The van der Waals surface area contributed by atoms with Crippen molar-refractivity contribution in [3.8, 4) is 0 Å². The molecule has 9 heteroatoms. The number of piperazine rings is 1. The third-order valence-corrected chi connectivity index (χ3v) is 3.79. The summed E-state index contributed by atoms with van der Waals surface area (Å²) >= 11 is 0. The molecule has 128 valence electrons. The summed E-state index contributed by atoms with van der Waals surface area (Å²) in [7, 11) is 0. The van der Waals surface area contributed by atoms with Gasteiger partial charge < -0.3 is 10.2 Å². The zero-order valence-electron chi connectivity index (χ0n) is 12.8. The van der Waals surface area contributed by atoms with Crippen LogP contribution >= 0.6 is 0 Å². The maximum atomic E-state index is 13.2. The summed E-state index contributed by atoms with van der Waals surface area (Å²) in [6.07, 6.45) is -4.73. The average Bonchev–Trinajstić information content (AvgIpc) is 3.00. The highest BCUT2D eigenvalue weighted by atomic mass is 19.4. The van der Waals surface area contributed by atoms with Crippen LogP contribution < -0.4 is 5.32 Å². The standard InChI is InChI=1S/C15H16F3N5O/c16-15(17,18)13-12(14(24)22-8-6-19-7-9-22)23(21-20-13)10-11-4-2-1-3-5-11/h1-5,19H,6-10H2. The molecule has 24 heavy (non-hydrogen) atoms. The van der Waals surface area contributed by atoms with Gasteiger partial charge in [-0.25, -0.2) is 4.68 Å². The lowest BCUT2D eigenvalue weighted by Gasteiger charge is -2.27. The van der Waals surface area contributed by atoms with Gasteiger partial charge in [-0.1, -0.05) is 35.5 Å². The van der Waals surface area contributed by atoms with Crippen LogP contribution in [0.4, 0.5) is 13.2 Å². The number of alkyl halides is 3.